The van der Waals surface area contributed by atoms with Crippen molar-refractivity contribution in [3.8, 4) is 5.75 Å². The maximum Gasteiger partial charge on any atom is 0.253 e. The van der Waals surface area contributed by atoms with E-state index in [-0.39, 0.29) is 23.3 Å². The summed E-state index contributed by atoms with van der Waals surface area (Å²) in [7, 11) is 3.10. The second kappa shape index (κ2) is 12.1. The molecule has 2 aromatic carbocycles. The fraction of sp³-hybridized carbons (Fsp3) is 0.400. The molecule has 0 saturated carbocycles. The Labute approximate surface area is 198 Å². The van der Waals surface area contributed by atoms with Crippen LogP contribution in [0.4, 0.5) is 4.39 Å². The molecule has 1 unspecified atom stereocenters. The first kappa shape index (κ1) is 25.2. The summed E-state index contributed by atoms with van der Waals surface area (Å²) in [5.74, 6) is -0.783. The Balaban J connectivity index is 1.66. The second-order valence-electron chi connectivity index (χ2n) is 8.10. The molecule has 2 aromatic rings. The van der Waals surface area contributed by atoms with Crippen LogP contribution in [0.2, 0.25) is 0 Å². The van der Waals surface area contributed by atoms with Gasteiger partial charge in [0.2, 0.25) is 5.91 Å². The van der Waals surface area contributed by atoms with E-state index >= 15 is 0 Å². The Kier molecular flexibility index (Phi) is 8.98. The molecule has 0 bridgehead atoms. The van der Waals surface area contributed by atoms with Crippen molar-refractivity contribution in [3.05, 3.63) is 65.5 Å². The molecule has 3 amide bonds. The highest BCUT2D eigenvalue weighted by atomic mass is 19.1. The summed E-state index contributed by atoms with van der Waals surface area (Å²) >= 11 is 0. The van der Waals surface area contributed by atoms with E-state index in [4.69, 9.17) is 9.47 Å². The number of carbonyl (C=O) groups is 3. The van der Waals surface area contributed by atoms with Gasteiger partial charge in [0, 0.05) is 37.9 Å². The van der Waals surface area contributed by atoms with E-state index in [1.807, 2.05) is 0 Å². The summed E-state index contributed by atoms with van der Waals surface area (Å²) < 4.78 is 23.3. The van der Waals surface area contributed by atoms with Crippen LogP contribution in [0.1, 0.15) is 33.6 Å². The van der Waals surface area contributed by atoms with Crippen LogP contribution >= 0.6 is 0 Å². The topological polar surface area (TPSA) is 97.0 Å². The number of likely N-dealkylation sites (tertiary alicyclic amines) is 1. The van der Waals surface area contributed by atoms with Crippen molar-refractivity contribution in [1.29, 1.82) is 0 Å². The number of piperidine rings is 1. The van der Waals surface area contributed by atoms with Crippen LogP contribution in [0.25, 0.3) is 0 Å². The van der Waals surface area contributed by atoms with Crippen molar-refractivity contribution >= 4 is 17.7 Å². The van der Waals surface area contributed by atoms with Crippen LogP contribution < -0.4 is 15.4 Å². The minimum absolute atomic E-state index is 0.0856. The zero-order chi connectivity index (χ0) is 24.5. The van der Waals surface area contributed by atoms with Gasteiger partial charge in [0.25, 0.3) is 11.8 Å². The van der Waals surface area contributed by atoms with Gasteiger partial charge >= 0.3 is 0 Å². The third-order valence-electron chi connectivity index (χ3n) is 5.92. The van der Waals surface area contributed by atoms with Crippen molar-refractivity contribution in [2.45, 2.75) is 18.9 Å². The largest absolute Gasteiger partial charge is 0.497 e. The van der Waals surface area contributed by atoms with Gasteiger partial charge < -0.3 is 25.0 Å². The molecule has 9 heteroatoms. The normalized spacial score (nSPS) is 14.9. The summed E-state index contributed by atoms with van der Waals surface area (Å²) in [5, 5.41) is 5.59. The summed E-state index contributed by atoms with van der Waals surface area (Å²) in [6, 6.07) is 11.3. The first-order chi connectivity index (χ1) is 16.4. The zero-order valence-electron chi connectivity index (χ0n) is 19.4. The highest BCUT2D eigenvalue weighted by molar-refractivity contribution is 5.97. The van der Waals surface area contributed by atoms with Gasteiger partial charge in [-0.2, -0.15) is 0 Å². The minimum Gasteiger partial charge on any atom is -0.497 e. The lowest BCUT2D eigenvalue weighted by atomic mass is 9.88. The van der Waals surface area contributed by atoms with E-state index in [0.717, 1.165) is 0 Å². The molecule has 1 saturated heterocycles. The lowest BCUT2D eigenvalue weighted by molar-refractivity contribution is -0.124. The number of benzene rings is 2. The van der Waals surface area contributed by atoms with Gasteiger partial charge in [-0.1, -0.05) is 0 Å². The number of hydrogen-bond acceptors (Lipinski definition) is 5. The zero-order valence-corrected chi connectivity index (χ0v) is 19.4. The Hall–Kier alpha value is -3.46. The summed E-state index contributed by atoms with van der Waals surface area (Å²) in [6.45, 7) is 1.58. The van der Waals surface area contributed by atoms with Crippen LogP contribution in [0, 0.1) is 11.7 Å². The number of amides is 3. The van der Waals surface area contributed by atoms with E-state index in [1.54, 1.807) is 36.3 Å². The monoisotopic (exact) mass is 471 g/mol. The summed E-state index contributed by atoms with van der Waals surface area (Å²) in [5.41, 5.74) is 0.834. The third kappa shape index (κ3) is 6.54. The molecule has 0 aliphatic carbocycles. The molecular formula is C25H30FN3O5. The third-order valence-corrected chi connectivity index (χ3v) is 5.92. The van der Waals surface area contributed by atoms with Gasteiger partial charge in [-0.15, -0.1) is 0 Å². The number of halogens is 1. The number of ether oxygens (including phenoxy) is 2. The molecule has 8 nitrogen and oxygen atoms in total. The number of carbonyl (C=O) groups excluding carboxylic acids is 3. The number of nitrogens with one attached hydrogen (secondary N) is 2. The molecule has 3 rings (SSSR count). The Morgan fingerprint density at radius 2 is 1.62 bits per heavy atom. The Morgan fingerprint density at radius 1 is 1.00 bits per heavy atom. The average molecular weight is 472 g/mol. The molecule has 1 aliphatic rings. The molecule has 0 aromatic heterocycles. The van der Waals surface area contributed by atoms with E-state index < -0.39 is 17.8 Å². The maximum atomic E-state index is 13.2. The lowest BCUT2D eigenvalue weighted by Gasteiger charge is -2.36. The molecule has 2 N–H and O–H groups in total. The minimum atomic E-state index is -0.785. The van der Waals surface area contributed by atoms with Crippen molar-refractivity contribution in [3.63, 3.8) is 0 Å². The second-order valence-corrected chi connectivity index (χ2v) is 8.10. The van der Waals surface area contributed by atoms with Crippen molar-refractivity contribution < 1.29 is 28.2 Å². The van der Waals surface area contributed by atoms with Crippen LogP contribution in [-0.4, -0.2) is 69.1 Å². The number of hydrogen-bond donors (Lipinski definition) is 2. The highest BCUT2D eigenvalue weighted by Crippen LogP contribution is 2.23. The standard InChI is InChI=1S/C25H30FN3O5/c1-33-16-13-27-24(31)22(28-23(30)18-3-7-20(26)8-4-18)17-11-14-29(15-12-17)25(32)19-5-9-21(34-2)10-6-19/h3-10,17,22H,11-16H2,1-2H3,(H,27,31)(H,28,30). The molecule has 1 heterocycles. The van der Waals surface area contributed by atoms with E-state index in [2.05, 4.69) is 10.6 Å². The van der Waals surface area contributed by atoms with Gasteiger partial charge in [0.15, 0.2) is 0 Å². The van der Waals surface area contributed by atoms with Crippen molar-refractivity contribution in [2.75, 3.05) is 40.5 Å². The number of rotatable bonds is 9. The predicted molar refractivity (Wildman–Crippen MR) is 124 cm³/mol. The quantitative estimate of drug-likeness (QED) is 0.547. The van der Waals surface area contributed by atoms with E-state index in [1.165, 1.54) is 31.4 Å². The molecule has 182 valence electrons. The Bertz CT molecular complexity index is 973. The van der Waals surface area contributed by atoms with Gasteiger partial charge in [-0.3, -0.25) is 14.4 Å². The highest BCUT2D eigenvalue weighted by Gasteiger charge is 2.34. The van der Waals surface area contributed by atoms with Crippen LogP contribution in [-0.2, 0) is 9.53 Å². The first-order valence-electron chi connectivity index (χ1n) is 11.2. The summed E-state index contributed by atoms with van der Waals surface area (Å²) in [6.07, 6.45) is 1.10. The molecule has 1 aliphatic heterocycles. The molecule has 34 heavy (non-hydrogen) atoms. The molecule has 0 spiro atoms. The maximum absolute atomic E-state index is 13.2. The molecule has 1 atom stereocenters. The first-order valence-corrected chi connectivity index (χ1v) is 11.2. The van der Waals surface area contributed by atoms with Crippen molar-refractivity contribution in [2.24, 2.45) is 5.92 Å². The fourth-order valence-corrected chi connectivity index (χ4v) is 3.96. The summed E-state index contributed by atoms with van der Waals surface area (Å²) in [4.78, 5) is 40.3. The predicted octanol–water partition coefficient (Wildman–Crippen LogP) is 2.25. The van der Waals surface area contributed by atoms with Crippen LogP contribution in [0.15, 0.2) is 48.5 Å². The van der Waals surface area contributed by atoms with Gasteiger partial charge in [-0.05, 0) is 67.3 Å². The molecular weight excluding hydrogens is 441 g/mol. The molecule has 0 radical (unpaired) electrons. The fourth-order valence-electron chi connectivity index (χ4n) is 3.96. The van der Waals surface area contributed by atoms with E-state index in [9.17, 15) is 18.8 Å². The van der Waals surface area contributed by atoms with Gasteiger partial charge in [0.1, 0.15) is 17.6 Å². The van der Waals surface area contributed by atoms with Crippen LogP contribution in [0.3, 0.4) is 0 Å². The SMILES string of the molecule is COCCNC(=O)C(NC(=O)c1ccc(F)cc1)C1CCN(C(=O)c2ccc(OC)cc2)CC1. The van der Waals surface area contributed by atoms with E-state index in [0.29, 0.717) is 50.4 Å². The van der Waals surface area contributed by atoms with Crippen LogP contribution in [0.5, 0.6) is 5.75 Å². The number of nitrogens with zero attached hydrogens (tertiary/aromatic N) is 1. The average Bonchev–Trinajstić information content (AvgIpc) is 2.87. The van der Waals surface area contributed by atoms with Crippen molar-refractivity contribution in [1.82, 2.24) is 15.5 Å². The van der Waals surface area contributed by atoms with Gasteiger partial charge in [-0.25, -0.2) is 4.39 Å². The molecule has 1 fully saturated rings. The van der Waals surface area contributed by atoms with Gasteiger partial charge in [0.05, 0.1) is 13.7 Å². The Morgan fingerprint density at radius 3 is 2.21 bits per heavy atom. The smallest absolute Gasteiger partial charge is 0.253 e. The number of methoxy groups -OCH3 is 2. The lowest BCUT2D eigenvalue weighted by Crippen LogP contribution is -2.54.